The van der Waals surface area contributed by atoms with Crippen molar-refractivity contribution in [3.8, 4) is 0 Å². The lowest BCUT2D eigenvalue weighted by Crippen LogP contribution is -2.48. The molecule has 9 nitrogen and oxygen atoms in total. The van der Waals surface area contributed by atoms with Gasteiger partial charge in [-0.15, -0.1) is 10.2 Å². The number of esters is 1. The number of rotatable bonds is 9. The molecule has 0 spiro atoms. The highest BCUT2D eigenvalue weighted by Gasteiger charge is 2.50. The van der Waals surface area contributed by atoms with Gasteiger partial charge in [0.15, 0.2) is 0 Å². The van der Waals surface area contributed by atoms with Crippen LogP contribution < -0.4 is 10.2 Å². The summed E-state index contributed by atoms with van der Waals surface area (Å²) >= 11 is 0. The van der Waals surface area contributed by atoms with Gasteiger partial charge in [0.25, 0.3) is 5.91 Å². The van der Waals surface area contributed by atoms with E-state index in [0.717, 1.165) is 17.5 Å². The number of alkyl halides is 3. The van der Waals surface area contributed by atoms with Crippen molar-refractivity contribution in [2.24, 2.45) is 7.05 Å². The summed E-state index contributed by atoms with van der Waals surface area (Å²) in [5, 5.41) is 11.3. The summed E-state index contributed by atoms with van der Waals surface area (Å²) in [6, 6.07) is 9.16. The van der Waals surface area contributed by atoms with Crippen molar-refractivity contribution in [1.82, 2.24) is 20.1 Å². The zero-order valence-electron chi connectivity index (χ0n) is 23.3. The van der Waals surface area contributed by atoms with Crippen molar-refractivity contribution in [2.45, 2.75) is 63.0 Å². The number of carbonyl (C=O) groups is 2. The predicted octanol–water partition coefficient (Wildman–Crippen LogP) is 4.13. The van der Waals surface area contributed by atoms with E-state index < -0.39 is 35.1 Å². The largest absolute Gasteiger partial charge is 0.468 e. The Morgan fingerprint density at radius 3 is 2.59 bits per heavy atom. The summed E-state index contributed by atoms with van der Waals surface area (Å²) in [5.41, 5.74) is 0.212. The predicted molar refractivity (Wildman–Crippen MR) is 143 cm³/mol. The van der Waals surface area contributed by atoms with Gasteiger partial charge in [-0.25, -0.2) is 0 Å². The van der Waals surface area contributed by atoms with Gasteiger partial charge in [0.1, 0.15) is 18.2 Å². The SMILES string of the molecule is CCC(NCc1cc2c(c(C(F)(F)F)c1)CN(c1cccc([C@]3(c4nncn4C)C[C@H](OC)C3)c1)C2=O)C(=O)OC. The highest BCUT2D eigenvalue weighted by Crippen LogP contribution is 2.50. The van der Waals surface area contributed by atoms with Crippen LogP contribution in [-0.2, 0) is 46.0 Å². The van der Waals surface area contributed by atoms with Gasteiger partial charge in [0.05, 0.1) is 30.7 Å². The molecule has 218 valence electrons. The number of carbonyl (C=O) groups excluding carboxylic acids is 2. The van der Waals surface area contributed by atoms with Crippen LogP contribution in [0.5, 0.6) is 0 Å². The van der Waals surface area contributed by atoms with Gasteiger partial charge in [-0.05, 0) is 60.2 Å². The Hall–Kier alpha value is -3.77. The number of halogens is 3. The molecule has 1 amide bonds. The Morgan fingerprint density at radius 1 is 1.22 bits per heavy atom. The summed E-state index contributed by atoms with van der Waals surface area (Å²) < 4.78 is 54.8. The Kier molecular flexibility index (Phi) is 7.64. The first kappa shape index (κ1) is 28.7. The third-order valence-electron chi connectivity index (χ3n) is 8.19. The number of amides is 1. The lowest BCUT2D eigenvalue weighted by Gasteiger charge is -2.46. The van der Waals surface area contributed by atoms with E-state index in [-0.39, 0.29) is 35.9 Å². The molecular formula is C29H32F3N5O4. The molecule has 0 saturated heterocycles. The van der Waals surface area contributed by atoms with E-state index >= 15 is 0 Å². The van der Waals surface area contributed by atoms with Crippen LogP contribution in [0.3, 0.4) is 0 Å². The average molecular weight is 572 g/mol. The first-order valence-corrected chi connectivity index (χ1v) is 13.4. The molecule has 2 aromatic carbocycles. The van der Waals surface area contributed by atoms with Gasteiger partial charge in [-0.3, -0.25) is 9.59 Å². The van der Waals surface area contributed by atoms with Gasteiger partial charge < -0.3 is 24.3 Å². The minimum atomic E-state index is -4.67. The van der Waals surface area contributed by atoms with Gasteiger partial charge >= 0.3 is 12.1 Å². The number of benzene rings is 2. The second-order valence-electron chi connectivity index (χ2n) is 10.6. The Bertz CT molecular complexity index is 1460. The molecule has 1 aliphatic carbocycles. The first-order valence-electron chi connectivity index (χ1n) is 13.4. The van der Waals surface area contributed by atoms with Gasteiger partial charge in [0, 0.05) is 32.0 Å². The Morgan fingerprint density at radius 2 is 1.98 bits per heavy atom. The number of nitrogens with zero attached hydrogens (tertiary/aromatic N) is 4. The van der Waals surface area contributed by atoms with Crippen LogP contribution >= 0.6 is 0 Å². The third-order valence-corrected chi connectivity index (χ3v) is 8.19. The van der Waals surface area contributed by atoms with Crippen LogP contribution in [0.2, 0.25) is 0 Å². The molecule has 5 rings (SSSR count). The molecule has 41 heavy (non-hydrogen) atoms. The number of fused-ring (bicyclic) bond motifs is 1. The fourth-order valence-electron chi connectivity index (χ4n) is 5.93. The molecule has 0 radical (unpaired) electrons. The fraction of sp³-hybridized carbons (Fsp3) is 0.448. The summed E-state index contributed by atoms with van der Waals surface area (Å²) in [4.78, 5) is 26.9. The smallest absolute Gasteiger partial charge is 0.416 e. The van der Waals surface area contributed by atoms with Crippen LogP contribution in [0.25, 0.3) is 0 Å². The van der Waals surface area contributed by atoms with E-state index in [1.807, 2.05) is 23.7 Å². The van der Waals surface area contributed by atoms with Crippen molar-refractivity contribution in [3.63, 3.8) is 0 Å². The number of anilines is 1. The number of aryl methyl sites for hydroxylation is 1. The van der Waals surface area contributed by atoms with Crippen LogP contribution in [0, 0.1) is 0 Å². The fourth-order valence-corrected chi connectivity index (χ4v) is 5.93. The summed E-state index contributed by atoms with van der Waals surface area (Å²) in [6.07, 6.45) is -1.30. The number of ether oxygens (including phenoxy) is 2. The second-order valence-corrected chi connectivity index (χ2v) is 10.6. The van der Waals surface area contributed by atoms with Gasteiger partial charge in [-0.2, -0.15) is 13.2 Å². The Balaban J connectivity index is 1.48. The summed E-state index contributed by atoms with van der Waals surface area (Å²) in [6.45, 7) is 1.52. The standard InChI is InChI=1S/C29H32F3N5O4/c1-5-24(26(39)41-4)33-14-17-9-21-22(23(10-17)29(30,31)32)15-37(25(21)38)19-8-6-7-18(11-19)28(12-20(13-28)40-3)27-35-34-16-36(27)2/h6-11,16,20,24,33H,5,12-15H2,1-4H3/t20-,24?,28-. The quantitative estimate of drug-likeness (QED) is 0.386. The van der Waals surface area contributed by atoms with Gasteiger partial charge in [0.2, 0.25) is 0 Å². The van der Waals surface area contributed by atoms with Crippen LogP contribution in [0.1, 0.15) is 64.6 Å². The normalized spacial score (nSPS) is 21.0. The van der Waals surface area contributed by atoms with Crippen molar-refractivity contribution < 1.29 is 32.2 Å². The van der Waals surface area contributed by atoms with Crippen molar-refractivity contribution >= 4 is 17.6 Å². The van der Waals surface area contributed by atoms with Crippen molar-refractivity contribution in [2.75, 3.05) is 19.1 Å². The number of hydrogen-bond acceptors (Lipinski definition) is 7. The van der Waals surface area contributed by atoms with E-state index in [2.05, 4.69) is 15.5 Å². The monoisotopic (exact) mass is 571 g/mol. The molecule has 1 aromatic heterocycles. The van der Waals surface area contributed by atoms with Crippen molar-refractivity contribution in [3.05, 3.63) is 76.4 Å². The topological polar surface area (TPSA) is 98.6 Å². The first-order chi connectivity index (χ1) is 19.5. The number of methoxy groups -OCH3 is 2. The van der Waals surface area contributed by atoms with E-state index in [1.165, 1.54) is 18.1 Å². The number of hydrogen-bond donors (Lipinski definition) is 1. The van der Waals surface area contributed by atoms with Crippen LogP contribution in [0.15, 0.2) is 42.7 Å². The van der Waals surface area contributed by atoms with Crippen LogP contribution in [-0.4, -0.2) is 53.0 Å². The van der Waals surface area contributed by atoms with E-state index in [4.69, 9.17) is 9.47 Å². The molecule has 1 atom stereocenters. The molecule has 3 aromatic rings. The zero-order chi connectivity index (χ0) is 29.5. The molecular weight excluding hydrogens is 539 g/mol. The minimum absolute atomic E-state index is 0.000694. The molecule has 1 saturated carbocycles. The van der Waals surface area contributed by atoms with Crippen molar-refractivity contribution in [1.29, 1.82) is 0 Å². The molecule has 1 unspecified atom stereocenters. The molecule has 0 bridgehead atoms. The second kappa shape index (κ2) is 10.9. The van der Waals surface area contributed by atoms with E-state index in [9.17, 15) is 22.8 Å². The van der Waals surface area contributed by atoms with E-state index in [1.54, 1.807) is 32.5 Å². The minimum Gasteiger partial charge on any atom is -0.468 e. The number of aromatic nitrogens is 3. The lowest BCUT2D eigenvalue weighted by atomic mass is 9.62. The molecule has 1 fully saturated rings. The maximum Gasteiger partial charge on any atom is 0.416 e. The van der Waals surface area contributed by atoms with Gasteiger partial charge in [-0.1, -0.05) is 19.1 Å². The average Bonchev–Trinajstić information content (AvgIpc) is 3.51. The highest BCUT2D eigenvalue weighted by atomic mass is 19.4. The summed E-state index contributed by atoms with van der Waals surface area (Å²) in [5.74, 6) is -0.261. The van der Waals surface area contributed by atoms with Crippen LogP contribution in [0.4, 0.5) is 18.9 Å². The highest BCUT2D eigenvalue weighted by molar-refractivity contribution is 6.10. The zero-order valence-corrected chi connectivity index (χ0v) is 23.3. The molecule has 12 heteroatoms. The molecule has 1 N–H and O–H groups in total. The summed E-state index contributed by atoms with van der Waals surface area (Å²) in [7, 11) is 4.77. The molecule has 2 heterocycles. The molecule has 1 aliphatic heterocycles. The Labute approximate surface area is 235 Å². The third kappa shape index (κ3) is 5.10. The number of nitrogens with one attached hydrogen (secondary N) is 1. The molecule has 2 aliphatic rings. The maximum absolute atomic E-state index is 14.2. The van der Waals surface area contributed by atoms with E-state index in [0.29, 0.717) is 24.9 Å². The lowest BCUT2D eigenvalue weighted by molar-refractivity contribution is -0.143. The maximum atomic E-state index is 14.2.